The van der Waals surface area contributed by atoms with E-state index >= 15 is 4.39 Å². The third-order valence-electron chi connectivity index (χ3n) is 5.12. The number of nitrogens with one attached hydrogen (secondary N) is 2. The summed E-state index contributed by atoms with van der Waals surface area (Å²) in [7, 11) is 1.38. The lowest BCUT2D eigenvalue weighted by Crippen LogP contribution is -2.50. The number of nitrogens with zero attached hydrogens (tertiary/aromatic N) is 2. The van der Waals surface area contributed by atoms with Gasteiger partial charge in [-0.05, 0) is 39.3 Å². The van der Waals surface area contributed by atoms with Crippen LogP contribution in [0.25, 0.3) is 0 Å². The molecule has 2 N–H and O–H groups in total. The van der Waals surface area contributed by atoms with Gasteiger partial charge < -0.3 is 24.6 Å². The molecule has 1 atom stereocenters. The third kappa shape index (κ3) is 5.36. The second-order valence-electron chi connectivity index (χ2n) is 8.58. The van der Waals surface area contributed by atoms with Crippen molar-refractivity contribution < 1.29 is 28.2 Å². The number of methoxy groups -OCH3 is 1. The molecule has 2 aliphatic heterocycles. The number of imide groups is 1. The molecule has 1 aromatic rings. The van der Waals surface area contributed by atoms with Crippen LogP contribution in [0, 0.1) is 5.82 Å². The fraction of sp³-hybridized carbons (Fsp3) is 0.571. The van der Waals surface area contributed by atoms with Crippen LogP contribution in [0.4, 0.5) is 20.6 Å². The second-order valence-corrected chi connectivity index (χ2v) is 8.58. The highest BCUT2D eigenvalue weighted by Crippen LogP contribution is 2.36. The zero-order valence-electron chi connectivity index (χ0n) is 18.3. The number of rotatable bonds is 4. The molecule has 0 bridgehead atoms. The maximum absolute atomic E-state index is 15.1. The molecule has 1 aromatic carbocycles. The van der Waals surface area contributed by atoms with Gasteiger partial charge in [-0.3, -0.25) is 14.9 Å². The molecule has 2 aliphatic rings. The minimum Gasteiger partial charge on any atom is -0.492 e. The molecule has 10 heteroatoms. The molecule has 3 rings (SSSR count). The van der Waals surface area contributed by atoms with Gasteiger partial charge in [0.25, 0.3) is 0 Å². The van der Waals surface area contributed by atoms with E-state index in [-0.39, 0.29) is 29.9 Å². The molecule has 2 heterocycles. The summed E-state index contributed by atoms with van der Waals surface area (Å²) in [5.74, 6) is -1.36. The average Bonchev–Trinajstić information content (AvgIpc) is 2.70. The fourth-order valence-electron chi connectivity index (χ4n) is 3.58. The summed E-state index contributed by atoms with van der Waals surface area (Å²) in [5.41, 5.74) is 0.131. The highest BCUT2D eigenvalue weighted by molar-refractivity contribution is 6.01. The van der Waals surface area contributed by atoms with E-state index in [9.17, 15) is 14.4 Å². The molecule has 3 amide bonds. The smallest absolute Gasteiger partial charge is 0.410 e. The largest absolute Gasteiger partial charge is 0.492 e. The van der Waals surface area contributed by atoms with Gasteiger partial charge >= 0.3 is 6.09 Å². The van der Waals surface area contributed by atoms with Crippen LogP contribution in [0.5, 0.6) is 5.75 Å². The molecule has 9 nitrogen and oxygen atoms in total. The predicted molar refractivity (Wildman–Crippen MR) is 113 cm³/mol. The number of ether oxygens (including phenoxy) is 2. The lowest BCUT2D eigenvalue weighted by molar-refractivity contribution is -0.133. The molecule has 2 fully saturated rings. The number of hydrogen-bond acceptors (Lipinski definition) is 7. The van der Waals surface area contributed by atoms with Crippen LogP contribution in [0.1, 0.15) is 33.6 Å². The van der Waals surface area contributed by atoms with E-state index in [2.05, 4.69) is 10.6 Å². The molecular weight excluding hydrogens is 407 g/mol. The van der Waals surface area contributed by atoms with Crippen LogP contribution >= 0.6 is 0 Å². The van der Waals surface area contributed by atoms with Crippen molar-refractivity contribution in [2.24, 2.45) is 0 Å². The number of halogens is 1. The van der Waals surface area contributed by atoms with Crippen molar-refractivity contribution in [3.05, 3.63) is 17.9 Å². The summed E-state index contributed by atoms with van der Waals surface area (Å²) in [5, 5.41) is 5.10. The Morgan fingerprint density at radius 2 is 1.87 bits per heavy atom. The monoisotopic (exact) mass is 436 g/mol. The molecule has 0 aromatic heterocycles. The Labute approximate surface area is 180 Å². The number of piperidine rings is 1. The second kappa shape index (κ2) is 8.99. The summed E-state index contributed by atoms with van der Waals surface area (Å²) in [6, 6.07) is 2.58. The van der Waals surface area contributed by atoms with Gasteiger partial charge in [-0.15, -0.1) is 0 Å². The van der Waals surface area contributed by atoms with Crippen molar-refractivity contribution in [3.8, 4) is 5.75 Å². The third-order valence-corrected chi connectivity index (χ3v) is 5.12. The van der Waals surface area contributed by atoms with E-state index in [0.717, 1.165) is 0 Å². The van der Waals surface area contributed by atoms with E-state index in [4.69, 9.17) is 9.47 Å². The molecule has 1 unspecified atom stereocenters. The standard InChI is InChI=1S/C21H29FN4O5/c1-21(2,3)31-20(29)26-11-9-25(10-12-26)15-7-5-13(17(22)18(15)30-4)23-14-6-8-16(27)24-19(14)28/h5,7,14,23H,6,8-12H2,1-4H3,(H,24,27,28). The lowest BCUT2D eigenvalue weighted by atomic mass is 10.1. The lowest BCUT2D eigenvalue weighted by Gasteiger charge is -2.37. The molecule has 0 radical (unpaired) electrons. The Bertz CT molecular complexity index is 862. The number of hydrogen-bond donors (Lipinski definition) is 2. The first-order valence-corrected chi connectivity index (χ1v) is 10.3. The van der Waals surface area contributed by atoms with Crippen molar-refractivity contribution in [1.29, 1.82) is 0 Å². The summed E-state index contributed by atoms with van der Waals surface area (Å²) in [6.07, 6.45) is 0.122. The zero-order chi connectivity index (χ0) is 22.8. The summed E-state index contributed by atoms with van der Waals surface area (Å²) < 4.78 is 25.9. The van der Waals surface area contributed by atoms with Gasteiger partial charge in [0.05, 0.1) is 18.5 Å². The van der Waals surface area contributed by atoms with Gasteiger partial charge in [0.1, 0.15) is 11.6 Å². The Morgan fingerprint density at radius 3 is 2.45 bits per heavy atom. The van der Waals surface area contributed by atoms with E-state index in [1.54, 1.807) is 17.0 Å². The van der Waals surface area contributed by atoms with Crippen LogP contribution in [-0.2, 0) is 14.3 Å². The highest BCUT2D eigenvalue weighted by atomic mass is 19.1. The van der Waals surface area contributed by atoms with Crippen LogP contribution in [0.3, 0.4) is 0 Å². The maximum atomic E-state index is 15.1. The van der Waals surface area contributed by atoms with Crippen LogP contribution in [0.15, 0.2) is 12.1 Å². The van der Waals surface area contributed by atoms with Gasteiger partial charge in [0.2, 0.25) is 11.8 Å². The molecule has 0 aliphatic carbocycles. The fourth-order valence-corrected chi connectivity index (χ4v) is 3.58. The van der Waals surface area contributed by atoms with E-state index < -0.39 is 23.4 Å². The summed E-state index contributed by atoms with van der Waals surface area (Å²) >= 11 is 0. The first kappa shape index (κ1) is 22.6. The number of benzene rings is 1. The minimum atomic E-state index is -0.694. The van der Waals surface area contributed by atoms with Crippen LogP contribution < -0.4 is 20.3 Å². The number of piperazine rings is 1. The van der Waals surface area contributed by atoms with Gasteiger partial charge in [0.15, 0.2) is 11.6 Å². The molecule has 31 heavy (non-hydrogen) atoms. The molecule has 2 saturated heterocycles. The first-order chi connectivity index (χ1) is 14.6. The maximum Gasteiger partial charge on any atom is 0.410 e. The van der Waals surface area contributed by atoms with Crippen molar-refractivity contribution in [2.45, 2.75) is 45.3 Å². The van der Waals surface area contributed by atoms with Crippen LogP contribution in [-0.4, -0.2) is 67.7 Å². The Balaban J connectivity index is 1.69. The van der Waals surface area contributed by atoms with Gasteiger partial charge in [0, 0.05) is 32.6 Å². The normalized spacial score (nSPS) is 19.7. The SMILES string of the molecule is COc1c(N2CCN(C(=O)OC(C)(C)C)CC2)ccc(NC2CCC(=O)NC2=O)c1F. The number of anilines is 2. The van der Waals surface area contributed by atoms with Gasteiger partial charge in [-0.2, -0.15) is 0 Å². The van der Waals surface area contributed by atoms with E-state index in [0.29, 0.717) is 38.3 Å². The molecule has 0 spiro atoms. The van der Waals surface area contributed by atoms with E-state index in [1.807, 2.05) is 25.7 Å². The van der Waals surface area contributed by atoms with Crippen molar-refractivity contribution in [1.82, 2.24) is 10.2 Å². The topological polar surface area (TPSA) is 100 Å². The van der Waals surface area contributed by atoms with Crippen LogP contribution in [0.2, 0.25) is 0 Å². The summed E-state index contributed by atoms with van der Waals surface area (Å²) in [4.78, 5) is 39.1. The molecular formula is C21H29FN4O5. The Kier molecular flexibility index (Phi) is 6.56. The van der Waals surface area contributed by atoms with Crippen molar-refractivity contribution in [3.63, 3.8) is 0 Å². The predicted octanol–water partition coefficient (Wildman–Crippen LogP) is 2.11. The van der Waals surface area contributed by atoms with Crippen molar-refractivity contribution in [2.75, 3.05) is 43.5 Å². The minimum absolute atomic E-state index is 0.0583. The van der Waals surface area contributed by atoms with Gasteiger partial charge in [-0.25, -0.2) is 9.18 Å². The zero-order valence-corrected chi connectivity index (χ0v) is 18.3. The first-order valence-electron chi connectivity index (χ1n) is 10.3. The van der Waals surface area contributed by atoms with Crippen molar-refractivity contribution >= 4 is 29.3 Å². The Morgan fingerprint density at radius 1 is 1.19 bits per heavy atom. The van der Waals surface area contributed by atoms with Gasteiger partial charge in [-0.1, -0.05) is 0 Å². The average molecular weight is 436 g/mol. The molecule has 170 valence electrons. The number of carbonyl (C=O) groups excluding carboxylic acids is 3. The quantitative estimate of drug-likeness (QED) is 0.698. The highest BCUT2D eigenvalue weighted by Gasteiger charge is 2.30. The number of amides is 3. The van der Waals surface area contributed by atoms with E-state index in [1.165, 1.54) is 7.11 Å². The molecule has 0 saturated carbocycles. The Hall–Kier alpha value is -3.04. The summed E-state index contributed by atoms with van der Waals surface area (Å²) in [6.45, 7) is 7.33. The number of carbonyl (C=O) groups is 3.